The molecule has 0 radical (unpaired) electrons. The first-order chi connectivity index (χ1) is 13.4. The molecule has 1 saturated carbocycles. The van der Waals surface area contributed by atoms with Crippen LogP contribution >= 0.6 is 0 Å². The van der Waals surface area contributed by atoms with Crippen LogP contribution in [-0.2, 0) is 11.2 Å². The number of aliphatic hydroxyl groups is 2. The molecule has 0 aliphatic heterocycles. The van der Waals surface area contributed by atoms with E-state index in [1.54, 1.807) is 13.0 Å². The highest BCUT2D eigenvalue weighted by atomic mass is 19.1. The maximum atomic E-state index is 13.8. The Balaban J connectivity index is 1.86. The van der Waals surface area contributed by atoms with Gasteiger partial charge in [-0.2, -0.15) is 0 Å². The van der Waals surface area contributed by atoms with Crippen molar-refractivity contribution in [1.29, 1.82) is 0 Å². The van der Waals surface area contributed by atoms with Crippen molar-refractivity contribution in [2.75, 3.05) is 0 Å². The average Bonchev–Trinajstić information content (AvgIpc) is 2.66. The minimum Gasteiger partial charge on any atom is -0.488 e. The molecule has 4 nitrogen and oxygen atoms in total. The zero-order valence-electron chi connectivity index (χ0n) is 16.1. The summed E-state index contributed by atoms with van der Waals surface area (Å²) in [4.78, 5) is 11.3. The Morgan fingerprint density at radius 3 is 2.75 bits per heavy atom. The number of aryl methyl sites for hydroxylation is 1. The van der Waals surface area contributed by atoms with Gasteiger partial charge in [0.15, 0.2) is 0 Å². The molecular formula is C23H27FO4. The summed E-state index contributed by atoms with van der Waals surface area (Å²) < 4.78 is 19.7. The number of hydrogen-bond acceptors (Lipinski definition) is 4. The van der Waals surface area contributed by atoms with E-state index in [0.717, 1.165) is 29.5 Å². The van der Waals surface area contributed by atoms with Crippen molar-refractivity contribution in [3.05, 3.63) is 53.8 Å². The van der Waals surface area contributed by atoms with E-state index in [0.29, 0.717) is 31.4 Å². The lowest BCUT2D eigenvalue weighted by Crippen LogP contribution is -2.44. The third kappa shape index (κ3) is 5.18. The minimum atomic E-state index is -0.915. The van der Waals surface area contributed by atoms with Gasteiger partial charge in [0.25, 0.3) is 0 Å². The number of benzene rings is 2. The third-order valence-electron chi connectivity index (χ3n) is 5.24. The SMILES string of the molecule is CC(=O)CCCc1ccc(O[C@@H]2CCC[C@@H](O)[C@H]2O)cc1-c1cccc(F)c1. The number of hydrogen-bond donors (Lipinski definition) is 2. The molecule has 2 aromatic rings. The summed E-state index contributed by atoms with van der Waals surface area (Å²) in [7, 11) is 0. The molecule has 28 heavy (non-hydrogen) atoms. The van der Waals surface area contributed by atoms with Gasteiger partial charge in [0.05, 0.1) is 6.10 Å². The van der Waals surface area contributed by atoms with E-state index < -0.39 is 18.3 Å². The van der Waals surface area contributed by atoms with Gasteiger partial charge < -0.3 is 19.7 Å². The Hall–Kier alpha value is -2.24. The molecule has 0 spiro atoms. The van der Waals surface area contributed by atoms with Gasteiger partial charge in [0, 0.05) is 6.42 Å². The largest absolute Gasteiger partial charge is 0.488 e. The van der Waals surface area contributed by atoms with Gasteiger partial charge in [-0.15, -0.1) is 0 Å². The lowest BCUT2D eigenvalue weighted by molar-refractivity contribution is -0.117. The molecule has 5 heteroatoms. The quantitative estimate of drug-likeness (QED) is 0.753. The van der Waals surface area contributed by atoms with Gasteiger partial charge in [-0.3, -0.25) is 0 Å². The fourth-order valence-corrected chi connectivity index (χ4v) is 3.72. The molecule has 1 aliphatic rings. The molecule has 1 aliphatic carbocycles. The van der Waals surface area contributed by atoms with Crippen molar-refractivity contribution in [1.82, 2.24) is 0 Å². The smallest absolute Gasteiger partial charge is 0.129 e. The van der Waals surface area contributed by atoms with Crippen molar-refractivity contribution in [2.24, 2.45) is 0 Å². The molecule has 3 rings (SSSR count). The normalized spacial score (nSPS) is 22.1. The van der Waals surface area contributed by atoms with Crippen molar-refractivity contribution in [2.45, 2.75) is 63.8 Å². The van der Waals surface area contributed by atoms with E-state index in [9.17, 15) is 19.4 Å². The molecule has 3 atom stereocenters. The molecule has 0 unspecified atom stereocenters. The number of carbonyl (C=O) groups is 1. The molecule has 0 saturated heterocycles. The Morgan fingerprint density at radius 1 is 1.18 bits per heavy atom. The third-order valence-corrected chi connectivity index (χ3v) is 5.24. The molecule has 150 valence electrons. The van der Waals surface area contributed by atoms with Crippen molar-refractivity contribution in [3.63, 3.8) is 0 Å². The Labute approximate surface area is 165 Å². The van der Waals surface area contributed by atoms with E-state index in [-0.39, 0.29) is 11.6 Å². The topological polar surface area (TPSA) is 66.8 Å². The fraction of sp³-hybridized carbons (Fsp3) is 0.435. The van der Waals surface area contributed by atoms with Crippen LogP contribution in [0.3, 0.4) is 0 Å². The van der Waals surface area contributed by atoms with Gasteiger partial charge in [0.1, 0.15) is 29.6 Å². The van der Waals surface area contributed by atoms with Crippen molar-refractivity contribution >= 4 is 5.78 Å². The molecular weight excluding hydrogens is 359 g/mol. The highest BCUT2D eigenvalue weighted by Crippen LogP contribution is 2.32. The van der Waals surface area contributed by atoms with Gasteiger partial charge in [-0.25, -0.2) is 4.39 Å². The van der Waals surface area contributed by atoms with Crippen LogP contribution in [0.2, 0.25) is 0 Å². The highest BCUT2D eigenvalue weighted by molar-refractivity contribution is 5.75. The van der Waals surface area contributed by atoms with Crippen molar-refractivity contribution in [3.8, 4) is 16.9 Å². The summed E-state index contributed by atoms with van der Waals surface area (Å²) >= 11 is 0. The summed E-state index contributed by atoms with van der Waals surface area (Å²) in [6.07, 6.45) is 1.83. The maximum Gasteiger partial charge on any atom is 0.129 e. The first-order valence-corrected chi connectivity index (χ1v) is 9.85. The van der Waals surface area contributed by atoms with Crippen LogP contribution < -0.4 is 4.74 Å². The molecule has 2 N–H and O–H groups in total. The maximum absolute atomic E-state index is 13.8. The van der Waals surface area contributed by atoms with E-state index in [1.807, 2.05) is 24.3 Å². The predicted molar refractivity (Wildman–Crippen MR) is 106 cm³/mol. The lowest BCUT2D eigenvalue weighted by atomic mass is 9.92. The highest BCUT2D eigenvalue weighted by Gasteiger charge is 2.32. The summed E-state index contributed by atoms with van der Waals surface area (Å²) in [6, 6.07) is 12.0. The molecule has 0 amide bonds. The molecule has 0 aromatic heterocycles. The van der Waals surface area contributed by atoms with Gasteiger partial charge in [-0.05, 0) is 80.0 Å². The number of ether oxygens (including phenoxy) is 1. The summed E-state index contributed by atoms with van der Waals surface area (Å²) in [5.41, 5.74) is 2.61. The van der Waals surface area contributed by atoms with E-state index >= 15 is 0 Å². The zero-order chi connectivity index (χ0) is 20.1. The van der Waals surface area contributed by atoms with Crippen LogP contribution in [0.25, 0.3) is 11.1 Å². The first kappa shape index (κ1) is 20.5. The zero-order valence-corrected chi connectivity index (χ0v) is 16.1. The monoisotopic (exact) mass is 386 g/mol. The number of rotatable bonds is 7. The second kappa shape index (κ2) is 9.30. The number of Topliss-reactive ketones (excluding diaryl/α,β-unsaturated/α-hetero) is 1. The molecule has 0 heterocycles. The second-order valence-corrected chi connectivity index (χ2v) is 7.53. The Morgan fingerprint density at radius 2 is 2.00 bits per heavy atom. The Kier molecular flexibility index (Phi) is 6.81. The van der Waals surface area contributed by atoms with Gasteiger partial charge in [0.2, 0.25) is 0 Å². The summed E-state index contributed by atoms with van der Waals surface area (Å²) in [5, 5.41) is 20.1. The van der Waals surface area contributed by atoms with E-state index in [4.69, 9.17) is 4.74 Å². The second-order valence-electron chi connectivity index (χ2n) is 7.53. The number of carbonyl (C=O) groups excluding carboxylic acids is 1. The minimum absolute atomic E-state index is 0.150. The van der Waals surface area contributed by atoms with E-state index in [2.05, 4.69) is 0 Å². The molecule has 0 bridgehead atoms. The first-order valence-electron chi connectivity index (χ1n) is 9.85. The van der Waals surface area contributed by atoms with E-state index in [1.165, 1.54) is 12.1 Å². The molecule has 1 fully saturated rings. The van der Waals surface area contributed by atoms with Crippen LogP contribution in [0.5, 0.6) is 5.75 Å². The lowest BCUT2D eigenvalue weighted by Gasteiger charge is -2.32. The standard InChI is InChI=1S/C23H27FO4/c1-15(25)5-2-6-16-11-12-19(28-22-10-4-9-21(26)23(22)27)14-20(16)17-7-3-8-18(24)13-17/h3,7-8,11-14,21-23,26-27H,2,4-6,9-10H2,1H3/t21-,22-,23-/m1/s1. The molecule has 2 aromatic carbocycles. The number of halogens is 1. The van der Waals surface area contributed by atoms with Gasteiger partial charge in [-0.1, -0.05) is 18.2 Å². The number of aliphatic hydroxyl groups excluding tert-OH is 2. The summed E-state index contributed by atoms with van der Waals surface area (Å²) in [5.74, 6) is 0.411. The van der Waals surface area contributed by atoms with Crippen LogP contribution in [-0.4, -0.2) is 34.3 Å². The van der Waals surface area contributed by atoms with Gasteiger partial charge >= 0.3 is 0 Å². The predicted octanol–water partition coefficient (Wildman–Crippen LogP) is 4.06. The van der Waals surface area contributed by atoms with Crippen LogP contribution in [0, 0.1) is 5.82 Å². The van der Waals surface area contributed by atoms with Crippen molar-refractivity contribution < 1.29 is 24.1 Å². The average molecular weight is 386 g/mol. The number of ketones is 1. The van der Waals surface area contributed by atoms with Crippen LogP contribution in [0.1, 0.15) is 44.6 Å². The fourth-order valence-electron chi connectivity index (χ4n) is 3.72. The van der Waals surface area contributed by atoms with Crippen LogP contribution in [0.15, 0.2) is 42.5 Å². The summed E-state index contributed by atoms with van der Waals surface area (Å²) in [6.45, 7) is 1.58. The van der Waals surface area contributed by atoms with Crippen LogP contribution in [0.4, 0.5) is 4.39 Å². The Bertz CT molecular complexity index is 820.